The number of rotatable bonds is 6. The van der Waals surface area contributed by atoms with Gasteiger partial charge in [-0.05, 0) is 20.3 Å². The molecule has 2 nitrogen and oxygen atoms in total. The summed E-state index contributed by atoms with van der Waals surface area (Å²) in [5.74, 6) is -0.141. The van der Waals surface area contributed by atoms with Gasteiger partial charge in [-0.25, -0.2) is 4.79 Å². The average Bonchev–Trinajstić information content (AvgIpc) is 2.23. The molecule has 0 aliphatic carbocycles. The van der Waals surface area contributed by atoms with Crippen LogP contribution in [0.25, 0.3) is 0 Å². The highest BCUT2D eigenvalue weighted by atomic mass is 28.3. The van der Waals surface area contributed by atoms with Crippen molar-refractivity contribution in [2.45, 2.75) is 72.1 Å². The number of carbonyl (C=O) groups excluding carboxylic acids is 1. The first-order valence-corrected chi connectivity index (χ1v) is 8.68. The molecule has 1 unspecified atom stereocenters. The van der Waals surface area contributed by atoms with Crippen LogP contribution in [0.1, 0.15) is 54.9 Å². The predicted octanol–water partition coefficient (Wildman–Crippen LogP) is 3.86. The van der Waals surface area contributed by atoms with Gasteiger partial charge in [-0.15, -0.1) is 0 Å². The van der Waals surface area contributed by atoms with Crippen molar-refractivity contribution in [2.24, 2.45) is 0 Å². The Morgan fingerprint density at radius 3 is 2.00 bits per heavy atom. The van der Waals surface area contributed by atoms with E-state index < -0.39 is 8.80 Å². The Morgan fingerprint density at radius 1 is 1.18 bits per heavy atom. The highest BCUT2D eigenvalue weighted by molar-refractivity contribution is 6.67. The monoisotopic (exact) mass is 256 g/mol. The molecule has 0 spiro atoms. The van der Waals surface area contributed by atoms with E-state index >= 15 is 0 Å². The zero-order valence-electron chi connectivity index (χ0n) is 12.4. The van der Waals surface area contributed by atoms with Crippen LogP contribution in [0.2, 0.25) is 11.1 Å². The molecule has 0 N–H and O–H groups in total. The highest BCUT2D eigenvalue weighted by Gasteiger charge is 2.19. The van der Waals surface area contributed by atoms with E-state index in [9.17, 15) is 4.79 Å². The Bertz CT molecular complexity index is 261. The van der Waals surface area contributed by atoms with E-state index in [4.69, 9.17) is 4.74 Å². The first-order chi connectivity index (χ1) is 7.79. The van der Waals surface area contributed by atoms with Crippen LogP contribution >= 0.6 is 0 Å². The second-order valence-corrected chi connectivity index (χ2v) is 9.69. The third kappa shape index (κ3) is 6.06. The van der Waals surface area contributed by atoms with E-state index in [0.29, 0.717) is 11.1 Å². The molecule has 0 aromatic heterocycles. The van der Waals surface area contributed by atoms with Crippen molar-refractivity contribution in [1.29, 1.82) is 0 Å². The summed E-state index contributed by atoms with van der Waals surface area (Å²) in [6, 6.07) is 0. The molecule has 1 atom stereocenters. The standard InChI is InChI=1S/C14H28O2Si/c1-8-13(7)16-14(15)12(6)9-17(10(2)3)11(4)5/h9-11,13,17H,8H2,1-7H3. The van der Waals surface area contributed by atoms with Crippen molar-refractivity contribution in [1.82, 2.24) is 0 Å². The molecule has 0 saturated carbocycles. The summed E-state index contributed by atoms with van der Waals surface area (Å²) < 4.78 is 5.34. The number of ether oxygens (including phenoxy) is 1. The van der Waals surface area contributed by atoms with Crippen LogP contribution in [0.5, 0.6) is 0 Å². The van der Waals surface area contributed by atoms with Crippen LogP contribution in [-0.2, 0) is 9.53 Å². The van der Waals surface area contributed by atoms with E-state index in [1.165, 1.54) is 0 Å². The van der Waals surface area contributed by atoms with Gasteiger partial charge in [0, 0.05) is 5.57 Å². The van der Waals surface area contributed by atoms with Gasteiger partial charge in [-0.3, -0.25) is 0 Å². The number of carbonyl (C=O) groups is 1. The van der Waals surface area contributed by atoms with Gasteiger partial charge >= 0.3 is 5.97 Å². The summed E-state index contributed by atoms with van der Waals surface area (Å²) >= 11 is 0. The molecule has 17 heavy (non-hydrogen) atoms. The minimum atomic E-state index is -1.01. The molecule has 0 radical (unpaired) electrons. The Balaban J connectivity index is 4.65. The van der Waals surface area contributed by atoms with Crippen molar-refractivity contribution < 1.29 is 9.53 Å². The van der Waals surface area contributed by atoms with Crippen LogP contribution in [0.3, 0.4) is 0 Å². The fourth-order valence-electron chi connectivity index (χ4n) is 1.87. The van der Waals surface area contributed by atoms with Crippen molar-refractivity contribution in [2.75, 3.05) is 0 Å². The van der Waals surface area contributed by atoms with Crippen LogP contribution < -0.4 is 0 Å². The van der Waals surface area contributed by atoms with Crippen LogP contribution in [0, 0.1) is 0 Å². The van der Waals surface area contributed by atoms with Gasteiger partial charge < -0.3 is 4.74 Å². The molecule has 0 aromatic rings. The second-order valence-electron chi connectivity index (χ2n) is 5.54. The molecule has 100 valence electrons. The van der Waals surface area contributed by atoms with Crippen LogP contribution in [0.4, 0.5) is 0 Å². The van der Waals surface area contributed by atoms with Crippen LogP contribution in [-0.4, -0.2) is 20.9 Å². The highest BCUT2D eigenvalue weighted by Crippen LogP contribution is 2.22. The van der Waals surface area contributed by atoms with Crippen molar-refractivity contribution >= 4 is 14.8 Å². The maximum atomic E-state index is 11.8. The molecule has 0 aliphatic rings. The normalized spacial score (nSPS) is 14.6. The largest absolute Gasteiger partial charge is 0.459 e. The number of hydrogen-bond acceptors (Lipinski definition) is 2. The smallest absolute Gasteiger partial charge is 0.333 e. The molecule has 0 saturated heterocycles. The zero-order chi connectivity index (χ0) is 13.6. The zero-order valence-corrected chi connectivity index (χ0v) is 13.6. The molecular formula is C14H28O2Si. The summed E-state index contributed by atoms with van der Waals surface area (Å²) in [4.78, 5) is 11.8. The summed E-state index contributed by atoms with van der Waals surface area (Å²) in [6.07, 6.45) is 0.887. The maximum absolute atomic E-state index is 11.8. The summed E-state index contributed by atoms with van der Waals surface area (Å²) in [5, 5.41) is 0. The van der Waals surface area contributed by atoms with Crippen molar-refractivity contribution in [3.8, 4) is 0 Å². The molecule has 0 bridgehead atoms. The van der Waals surface area contributed by atoms with Gasteiger partial charge in [0.25, 0.3) is 0 Å². The van der Waals surface area contributed by atoms with Gasteiger partial charge in [-0.2, -0.15) is 0 Å². The fourth-order valence-corrected chi connectivity index (χ4v) is 4.89. The average molecular weight is 256 g/mol. The Labute approximate surface area is 108 Å². The van der Waals surface area contributed by atoms with Crippen molar-refractivity contribution in [3.05, 3.63) is 11.3 Å². The quantitative estimate of drug-likeness (QED) is 0.410. The van der Waals surface area contributed by atoms with E-state index in [1.54, 1.807) is 0 Å². The van der Waals surface area contributed by atoms with Crippen molar-refractivity contribution in [3.63, 3.8) is 0 Å². The van der Waals surface area contributed by atoms with E-state index in [2.05, 4.69) is 33.4 Å². The minimum Gasteiger partial charge on any atom is -0.459 e. The van der Waals surface area contributed by atoms with Gasteiger partial charge in [0.2, 0.25) is 0 Å². The lowest BCUT2D eigenvalue weighted by molar-refractivity contribution is -0.143. The Morgan fingerprint density at radius 2 is 1.65 bits per heavy atom. The number of esters is 1. The molecule has 0 amide bonds. The molecule has 0 heterocycles. The van der Waals surface area contributed by atoms with Gasteiger partial charge in [0.1, 0.15) is 0 Å². The summed E-state index contributed by atoms with van der Waals surface area (Å²) in [7, 11) is -1.01. The number of hydrogen-bond donors (Lipinski definition) is 0. The SMILES string of the molecule is CCC(C)OC(=O)C(C)=C[SiH](C(C)C)C(C)C. The molecule has 0 aromatic carbocycles. The predicted molar refractivity (Wildman–Crippen MR) is 76.9 cm³/mol. The Hall–Kier alpha value is -0.573. The van der Waals surface area contributed by atoms with E-state index in [-0.39, 0.29) is 12.1 Å². The summed E-state index contributed by atoms with van der Waals surface area (Å²) in [5.41, 5.74) is 4.37. The maximum Gasteiger partial charge on any atom is 0.333 e. The molecular weight excluding hydrogens is 228 g/mol. The van der Waals surface area contributed by atoms with Gasteiger partial charge in [0.15, 0.2) is 0 Å². The van der Waals surface area contributed by atoms with E-state index in [1.807, 2.05) is 20.8 Å². The topological polar surface area (TPSA) is 26.3 Å². The molecule has 0 aliphatic heterocycles. The van der Waals surface area contributed by atoms with E-state index in [0.717, 1.165) is 12.0 Å². The van der Waals surface area contributed by atoms with Gasteiger partial charge in [-0.1, -0.05) is 51.4 Å². The van der Waals surface area contributed by atoms with Crippen LogP contribution in [0.15, 0.2) is 11.3 Å². The fraction of sp³-hybridized carbons (Fsp3) is 0.786. The molecule has 3 heteroatoms. The Kier molecular flexibility index (Phi) is 7.44. The second kappa shape index (κ2) is 7.70. The lowest BCUT2D eigenvalue weighted by Gasteiger charge is -2.20. The molecule has 0 rings (SSSR count). The first-order valence-electron chi connectivity index (χ1n) is 6.68. The molecule has 0 fully saturated rings. The first kappa shape index (κ1) is 16.4. The lowest BCUT2D eigenvalue weighted by atomic mass is 10.3. The third-order valence-electron chi connectivity index (χ3n) is 3.19. The minimum absolute atomic E-state index is 0.0177. The third-order valence-corrected chi connectivity index (χ3v) is 7.15. The lowest BCUT2D eigenvalue weighted by Crippen LogP contribution is -2.21. The van der Waals surface area contributed by atoms with Gasteiger partial charge in [0.05, 0.1) is 14.9 Å². The summed E-state index contributed by atoms with van der Waals surface area (Å²) in [6.45, 7) is 14.8.